The fourth-order valence-corrected chi connectivity index (χ4v) is 1.67. The van der Waals surface area contributed by atoms with Gasteiger partial charge in [-0.05, 0) is 20.3 Å². The van der Waals surface area contributed by atoms with Crippen LogP contribution < -0.4 is 0 Å². The summed E-state index contributed by atoms with van der Waals surface area (Å²) in [5.41, 5.74) is 0.959. The lowest BCUT2D eigenvalue weighted by atomic mass is 10.3. The number of aryl methyl sites for hydroxylation is 1. The van der Waals surface area contributed by atoms with E-state index in [-0.39, 0.29) is 5.71 Å². The van der Waals surface area contributed by atoms with Gasteiger partial charge in [0.05, 0.1) is 5.01 Å². The number of carboxylic acid groups (broad SMARTS) is 1. The molecule has 0 fully saturated rings. The van der Waals surface area contributed by atoms with Crippen LogP contribution in [0.1, 0.15) is 31.5 Å². The number of aliphatic carboxylic acids is 1. The second-order valence-corrected chi connectivity index (χ2v) is 4.22. The van der Waals surface area contributed by atoms with E-state index in [1.54, 1.807) is 19.2 Å². The molecular formula is C10H13N3O2S. The van der Waals surface area contributed by atoms with Crippen molar-refractivity contribution >= 4 is 28.7 Å². The van der Waals surface area contributed by atoms with E-state index >= 15 is 0 Å². The van der Waals surface area contributed by atoms with Gasteiger partial charge in [-0.15, -0.1) is 16.4 Å². The van der Waals surface area contributed by atoms with E-state index in [0.717, 1.165) is 11.4 Å². The van der Waals surface area contributed by atoms with Crippen molar-refractivity contribution in [3.8, 4) is 0 Å². The molecule has 1 aromatic heterocycles. The molecule has 6 heteroatoms. The molecule has 0 aliphatic carbocycles. The lowest BCUT2D eigenvalue weighted by Crippen LogP contribution is -2.14. The molecule has 0 saturated heterocycles. The van der Waals surface area contributed by atoms with Crippen LogP contribution in [0.25, 0.3) is 0 Å². The average Bonchev–Trinajstić information content (AvgIpc) is 2.65. The van der Waals surface area contributed by atoms with Crippen molar-refractivity contribution in [3.63, 3.8) is 0 Å². The number of hydrogen-bond donors (Lipinski definition) is 1. The lowest BCUT2D eigenvalue weighted by molar-refractivity contribution is -0.129. The van der Waals surface area contributed by atoms with Gasteiger partial charge >= 0.3 is 5.97 Å². The van der Waals surface area contributed by atoms with Crippen LogP contribution in [0.15, 0.2) is 15.6 Å². The van der Waals surface area contributed by atoms with E-state index < -0.39 is 5.97 Å². The summed E-state index contributed by atoms with van der Waals surface area (Å²) >= 11 is 1.43. The Labute approximate surface area is 97.6 Å². The molecule has 0 bridgehead atoms. The highest BCUT2D eigenvalue weighted by Gasteiger charge is 2.16. The number of carboxylic acids is 1. The molecule has 0 atom stereocenters. The van der Waals surface area contributed by atoms with Gasteiger partial charge in [-0.2, -0.15) is 5.10 Å². The van der Waals surface area contributed by atoms with E-state index in [2.05, 4.69) is 15.2 Å². The first-order valence-corrected chi connectivity index (χ1v) is 5.69. The predicted octanol–water partition coefficient (Wildman–Crippen LogP) is 1.98. The first-order valence-electron chi connectivity index (χ1n) is 4.81. The minimum absolute atomic E-state index is 0.114. The van der Waals surface area contributed by atoms with Crippen LogP contribution in [-0.4, -0.2) is 27.5 Å². The Kier molecular flexibility index (Phi) is 4.30. The maximum absolute atomic E-state index is 11.0. The van der Waals surface area contributed by atoms with Gasteiger partial charge in [-0.1, -0.05) is 6.92 Å². The number of carbonyl (C=O) groups is 1. The van der Waals surface area contributed by atoms with Crippen LogP contribution in [0.5, 0.6) is 0 Å². The van der Waals surface area contributed by atoms with Crippen LogP contribution >= 0.6 is 11.3 Å². The summed E-state index contributed by atoms with van der Waals surface area (Å²) in [6.45, 7) is 5.47. The van der Waals surface area contributed by atoms with Gasteiger partial charge in [0, 0.05) is 11.1 Å². The van der Waals surface area contributed by atoms with Crippen molar-refractivity contribution in [2.45, 2.75) is 27.2 Å². The third kappa shape index (κ3) is 3.23. The second-order valence-electron chi connectivity index (χ2n) is 3.28. The van der Waals surface area contributed by atoms with E-state index in [4.69, 9.17) is 5.11 Å². The Morgan fingerprint density at radius 3 is 2.62 bits per heavy atom. The highest BCUT2D eigenvalue weighted by molar-refractivity contribution is 7.09. The molecular weight excluding hydrogens is 226 g/mol. The van der Waals surface area contributed by atoms with Gasteiger partial charge in [0.25, 0.3) is 0 Å². The molecule has 0 radical (unpaired) electrons. The maximum Gasteiger partial charge on any atom is 0.358 e. The summed E-state index contributed by atoms with van der Waals surface area (Å²) in [4.78, 5) is 15.1. The van der Waals surface area contributed by atoms with E-state index in [9.17, 15) is 4.79 Å². The number of hydrogen-bond acceptors (Lipinski definition) is 5. The molecule has 1 heterocycles. The van der Waals surface area contributed by atoms with Crippen molar-refractivity contribution < 1.29 is 9.90 Å². The van der Waals surface area contributed by atoms with Crippen LogP contribution in [0.4, 0.5) is 0 Å². The lowest BCUT2D eigenvalue weighted by Gasteiger charge is -1.94. The zero-order valence-electron chi connectivity index (χ0n) is 9.39. The fraction of sp³-hybridized carbons (Fsp3) is 0.400. The maximum atomic E-state index is 11.0. The molecule has 0 amide bonds. The molecule has 16 heavy (non-hydrogen) atoms. The third-order valence-corrected chi connectivity index (χ3v) is 2.64. The van der Waals surface area contributed by atoms with Gasteiger partial charge in [0.15, 0.2) is 5.71 Å². The normalized spacial score (nSPS) is 11.3. The Bertz CT molecular complexity index is 445. The van der Waals surface area contributed by atoms with Gasteiger partial charge < -0.3 is 5.11 Å². The van der Waals surface area contributed by atoms with Crippen LogP contribution in [-0.2, 0) is 11.2 Å². The summed E-state index contributed by atoms with van der Waals surface area (Å²) in [6.07, 6.45) is 0.785. The largest absolute Gasteiger partial charge is 0.476 e. The first-order chi connectivity index (χ1) is 7.54. The molecule has 0 spiro atoms. The van der Waals surface area contributed by atoms with Crippen LogP contribution in [0.2, 0.25) is 0 Å². The Morgan fingerprint density at radius 2 is 2.19 bits per heavy atom. The summed E-state index contributed by atoms with van der Waals surface area (Å²) < 4.78 is 0. The molecule has 86 valence electrons. The molecule has 1 rings (SSSR count). The zero-order valence-corrected chi connectivity index (χ0v) is 10.2. The van der Waals surface area contributed by atoms with Gasteiger partial charge in [0.2, 0.25) is 0 Å². The first kappa shape index (κ1) is 12.5. The van der Waals surface area contributed by atoms with Crippen LogP contribution in [0, 0.1) is 0 Å². The highest BCUT2D eigenvalue weighted by atomic mass is 32.1. The Hall–Kier alpha value is -1.56. The number of aromatic nitrogens is 1. The summed E-state index contributed by atoms with van der Waals surface area (Å²) in [6, 6.07) is 0. The summed E-state index contributed by atoms with van der Waals surface area (Å²) in [5, 5.41) is 19.0. The SMILES string of the molecule is CCc1nc(C(=NN=C(C)C)C(=O)O)cs1. The monoisotopic (exact) mass is 239 g/mol. The average molecular weight is 239 g/mol. The minimum atomic E-state index is -1.11. The Morgan fingerprint density at radius 1 is 1.50 bits per heavy atom. The molecule has 1 aromatic rings. The predicted molar refractivity (Wildman–Crippen MR) is 64.4 cm³/mol. The van der Waals surface area contributed by atoms with E-state index in [1.165, 1.54) is 11.3 Å². The standard InChI is InChI=1S/C10H13N3O2S/c1-4-8-11-7(5-16-8)9(10(14)15)13-12-6(2)3/h5H,4H2,1-3H3,(H,14,15). The highest BCUT2D eigenvalue weighted by Crippen LogP contribution is 2.11. The molecule has 0 aromatic carbocycles. The van der Waals surface area contributed by atoms with Crippen LogP contribution in [0.3, 0.4) is 0 Å². The quantitative estimate of drug-likeness (QED) is 0.644. The smallest absolute Gasteiger partial charge is 0.358 e. The van der Waals surface area contributed by atoms with Crippen molar-refractivity contribution in [2.24, 2.45) is 10.2 Å². The van der Waals surface area contributed by atoms with Gasteiger partial charge in [0.1, 0.15) is 5.69 Å². The summed E-state index contributed by atoms with van der Waals surface area (Å²) in [5.74, 6) is -1.11. The van der Waals surface area contributed by atoms with Gasteiger partial charge in [-0.3, -0.25) is 0 Å². The molecule has 5 nitrogen and oxygen atoms in total. The van der Waals surface area contributed by atoms with E-state index in [1.807, 2.05) is 6.92 Å². The number of thiazole rings is 1. The van der Waals surface area contributed by atoms with E-state index in [0.29, 0.717) is 11.4 Å². The molecule has 0 aliphatic rings. The van der Waals surface area contributed by atoms with Crippen molar-refractivity contribution in [3.05, 3.63) is 16.1 Å². The second kappa shape index (κ2) is 5.50. The zero-order chi connectivity index (χ0) is 12.1. The fourth-order valence-electron chi connectivity index (χ4n) is 0.936. The number of rotatable bonds is 4. The molecule has 0 aliphatic heterocycles. The Balaban J connectivity index is 3.08. The molecule has 0 saturated carbocycles. The van der Waals surface area contributed by atoms with Crippen molar-refractivity contribution in [1.82, 2.24) is 4.98 Å². The number of nitrogens with zero attached hydrogens (tertiary/aromatic N) is 3. The topological polar surface area (TPSA) is 74.9 Å². The summed E-state index contributed by atoms with van der Waals surface area (Å²) in [7, 11) is 0. The van der Waals surface area contributed by atoms with Crippen molar-refractivity contribution in [2.75, 3.05) is 0 Å². The van der Waals surface area contributed by atoms with Crippen molar-refractivity contribution in [1.29, 1.82) is 0 Å². The molecule has 1 N–H and O–H groups in total. The molecule has 0 unspecified atom stereocenters. The minimum Gasteiger partial charge on any atom is -0.476 e. The van der Waals surface area contributed by atoms with Gasteiger partial charge in [-0.25, -0.2) is 9.78 Å². The third-order valence-electron chi connectivity index (χ3n) is 1.65.